The third-order valence-corrected chi connectivity index (χ3v) is 5.73. The van der Waals surface area contributed by atoms with E-state index in [1.54, 1.807) is 0 Å². The lowest BCUT2D eigenvalue weighted by Crippen LogP contribution is -2.17. The third-order valence-electron chi connectivity index (χ3n) is 4.44. The molecular formula is C15H18N4S2. The topological polar surface area (TPSA) is 38.5 Å². The van der Waals surface area contributed by atoms with Gasteiger partial charge in [-0.2, -0.15) is 5.10 Å². The van der Waals surface area contributed by atoms with Crippen LogP contribution in [-0.2, 0) is 19.9 Å². The maximum atomic E-state index is 5.63. The van der Waals surface area contributed by atoms with E-state index in [0.29, 0.717) is 6.04 Å². The molecule has 3 aromatic rings. The van der Waals surface area contributed by atoms with Gasteiger partial charge in [-0.05, 0) is 54.9 Å². The van der Waals surface area contributed by atoms with Crippen LogP contribution in [0.2, 0.25) is 0 Å². The fourth-order valence-corrected chi connectivity index (χ4v) is 4.80. The molecule has 0 aliphatic heterocycles. The molecule has 0 bridgehead atoms. The van der Waals surface area contributed by atoms with Gasteiger partial charge in [0, 0.05) is 11.9 Å². The zero-order valence-corrected chi connectivity index (χ0v) is 13.9. The zero-order valence-electron chi connectivity index (χ0n) is 12.2. The van der Waals surface area contributed by atoms with Crippen LogP contribution in [0.3, 0.4) is 0 Å². The summed E-state index contributed by atoms with van der Waals surface area (Å²) in [5, 5.41) is 6.83. The second-order valence-corrected chi connectivity index (χ2v) is 7.02. The highest BCUT2D eigenvalue weighted by molar-refractivity contribution is 7.71. The number of aromatic amines is 1. The van der Waals surface area contributed by atoms with Crippen LogP contribution in [-0.4, -0.2) is 19.3 Å². The van der Waals surface area contributed by atoms with Gasteiger partial charge in [0.25, 0.3) is 0 Å². The molecule has 0 amide bonds. The number of H-pyrrole nitrogens is 1. The van der Waals surface area contributed by atoms with E-state index in [2.05, 4.69) is 33.0 Å². The van der Waals surface area contributed by atoms with Crippen LogP contribution >= 0.6 is 23.6 Å². The first-order valence-electron chi connectivity index (χ1n) is 7.43. The molecule has 6 heteroatoms. The molecule has 0 aromatic carbocycles. The Labute approximate surface area is 132 Å². The van der Waals surface area contributed by atoms with E-state index < -0.39 is 0 Å². The molecule has 3 aromatic heterocycles. The Hall–Kier alpha value is -1.40. The Morgan fingerprint density at radius 1 is 1.52 bits per heavy atom. The van der Waals surface area contributed by atoms with Gasteiger partial charge in [-0.3, -0.25) is 9.25 Å². The average molecular weight is 318 g/mol. The first-order chi connectivity index (χ1) is 10.2. The maximum Gasteiger partial charge on any atom is 0.179 e. The van der Waals surface area contributed by atoms with E-state index in [9.17, 15) is 0 Å². The molecule has 110 valence electrons. The fourth-order valence-electron chi connectivity index (χ4n) is 3.50. The molecule has 0 fully saturated rings. The summed E-state index contributed by atoms with van der Waals surface area (Å²) in [5.74, 6) is 0. The van der Waals surface area contributed by atoms with Crippen molar-refractivity contribution in [3.05, 3.63) is 32.4 Å². The standard InChI is InChI=1S/C15H18N4S2/c1-3-10-13-14(18(2)17-10)19(15(20)16-13)11-5-4-6-12-9(11)7-8-21-12/h7-8,11H,3-6H2,1-2H3,(H,16,20). The summed E-state index contributed by atoms with van der Waals surface area (Å²) < 4.78 is 5.07. The largest absolute Gasteiger partial charge is 0.328 e. The summed E-state index contributed by atoms with van der Waals surface area (Å²) in [6.07, 6.45) is 4.50. The Morgan fingerprint density at radius 3 is 3.19 bits per heavy atom. The van der Waals surface area contributed by atoms with Gasteiger partial charge in [-0.25, -0.2) is 0 Å². The maximum absolute atomic E-state index is 5.63. The van der Waals surface area contributed by atoms with Gasteiger partial charge in [0.1, 0.15) is 5.52 Å². The quantitative estimate of drug-likeness (QED) is 0.726. The van der Waals surface area contributed by atoms with Crippen LogP contribution in [0.15, 0.2) is 11.4 Å². The van der Waals surface area contributed by atoms with Crippen molar-refractivity contribution in [3.63, 3.8) is 0 Å². The Kier molecular flexibility index (Phi) is 3.04. The van der Waals surface area contributed by atoms with E-state index in [1.807, 2.05) is 23.1 Å². The van der Waals surface area contributed by atoms with E-state index in [-0.39, 0.29) is 0 Å². The van der Waals surface area contributed by atoms with E-state index in [1.165, 1.54) is 23.3 Å². The molecule has 1 aliphatic carbocycles. The molecule has 4 rings (SSSR count). The number of aryl methyl sites for hydroxylation is 3. The van der Waals surface area contributed by atoms with Crippen molar-refractivity contribution in [2.45, 2.75) is 38.6 Å². The summed E-state index contributed by atoms with van der Waals surface area (Å²) in [5.41, 5.74) is 4.77. The predicted molar refractivity (Wildman–Crippen MR) is 88.7 cm³/mol. The second kappa shape index (κ2) is 4.81. The number of nitrogens with one attached hydrogen (secondary N) is 1. The number of hydrogen-bond acceptors (Lipinski definition) is 3. The van der Waals surface area contributed by atoms with Crippen molar-refractivity contribution >= 4 is 34.7 Å². The second-order valence-electron chi connectivity index (χ2n) is 5.63. The van der Waals surface area contributed by atoms with Gasteiger partial charge in [0.15, 0.2) is 10.4 Å². The summed E-state index contributed by atoms with van der Waals surface area (Å²) in [7, 11) is 2.01. The first-order valence-corrected chi connectivity index (χ1v) is 8.71. The number of hydrogen-bond donors (Lipinski definition) is 1. The van der Waals surface area contributed by atoms with Crippen LogP contribution in [0.4, 0.5) is 0 Å². The first kappa shape index (κ1) is 13.3. The van der Waals surface area contributed by atoms with Crippen LogP contribution in [0, 0.1) is 4.77 Å². The third kappa shape index (κ3) is 1.85. The fraction of sp³-hybridized carbons (Fsp3) is 0.467. The predicted octanol–water partition coefficient (Wildman–Crippen LogP) is 3.98. The highest BCUT2D eigenvalue weighted by atomic mass is 32.1. The van der Waals surface area contributed by atoms with Gasteiger partial charge in [0.05, 0.1) is 11.7 Å². The number of nitrogens with zero attached hydrogens (tertiary/aromatic N) is 3. The van der Waals surface area contributed by atoms with Crippen LogP contribution < -0.4 is 0 Å². The van der Waals surface area contributed by atoms with Crippen LogP contribution in [0.1, 0.15) is 41.9 Å². The zero-order chi connectivity index (χ0) is 14.6. The Balaban J connectivity index is 1.98. The Bertz CT molecular complexity index is 864. The smallest absolute Gasteiger partial charge is 0.179 e. The SMILES string of the molecule is CCc1nn(C)c2c1[nH]c(=S)n2C1CCCc2sccc21. The van der Waals surface area contributed by atoms with E-state index >= 15 is 0 Å². The van der Waals surface area contributed by atoms with Crippen molar-refractivity contribution in [3.8, 4) is 0 Å². The number of thiophene rings is 1. The van der Waals surface area contributed by atoms with Crippen molar-refractivity contribution in [2.75, 3.05) is 0 Å². The van der Waals surface area contributed by atoms with E-state index in [4.69, 9.17) is 12.2 Å². The molecule has 4 nitrogen and oxygen atoms in total. The number of fused-ring (bicyclic) bond motifs is 2. The molecule has 1 unspecified atom stereocenters. The van der Waals surface area contributed by atoms with Gasteiger partial charge < -0.3 is 4.98 Å². The molecule has 0 spiro atoms. The molecule has 3 heterocycles. The highest BCUT2D eigenvalue weighted by Crippen LogP contribution is 2.38. The molecule has 0 radical (unpaired) electrons. The van der Waals surface area contributed by atoms with Gasteiger partial charge in [-0.1, -0.05) is 6.92 Å². The summed E-state index contributed by atoms with van der Waals surface area (Å²) >= 11 is 7.50. The van der Waals surface area contributed by atoms with Gasteiger partial charge >= 0.3 is 0 Å². The molecule has 0 saturated heterocycles. The lowest BCUT2D eigenvalue weighted by molar-refractivity contribution is 0.492. The normalized spacial score (nSPS) is 18.3. The minimum absolute atomic E-state index is 0.348. The molecule has 1 atom stereocenters. The van der Waals surface area contributed by atoms with Crippen molar-refractivity contribution in [1.82, 2.24) is 19.3 Å². The summed E-state index contributed by atoms with van der Waals surface area (Å²) in [6, 6.07) is 2.61. The molecule has 21 heavy (non-hydrogen) atoms. The average Bonchev–Trinajstić information content (AvgIpc) is 3.14. The Morgan fingerprint density at radius 2 is 2.38 bits per heavy atom. The lowest BCUT2D eigenvalue weighted by Gasteiger charge is -2.24. The lowest BCUT2D eigenvalue weighted by atomic mass is 9.94. The van der Waals surface area contributed by atoms with Gasteiger partial charge in [0.2, 0.25) is 0 Å². The van der Waals surface area contributed by atoms with Crippen molar-refractivity contribution < 1.29 is 0 Å². The number of aromatic nitrogens is 4. The van der Waals surface area contributed by atoms with Crippen LogP contribution in [0.25, 0.3) is 11.2 Å². The minimum atomic E-state index is 0.348. The molecule has 0 saturated carbocycles. The number of rotatable bonds is 2. The van der Waals surface area contributed by atoms with Crippen molar-refractivity contribution in [2.24, 2.45) is 7.05 Å². The molecular weight excluding hydrogens is 300 g/mol. The highest BCUT2D eigenvalue weighted by Gasteiger charge is 2.26. The minimum Gasteiger partial charge on any atom is -0.328 e. The van der Waals surface area contributed by atoms with Crippen molar-refractivity contribution in [1.29, 1.82) is 0 Å². The van der Waals surface area contributed by atoms with Gasteiger partial charge in [-0.15, -0.1) is 11.3 Å². The molecule has 1 aliphatic rings. The summed E-state index contributed by atoms with van der Waals surface area (Å²) in [4.78, 5) is 4.90. The monoisotopic (exact) mass is 318 g/mol. The van der Waals surface area contributed by atoms with E-state index in [0.717, 1.165) is 34.5 Å². The summed E-state index contributed by atoms with van der Waals surface area (Å²) in [6.45, 7) is 2.13. The molecule has 1 N–H and O–H groups in total. The van der Waals surface area contributed by atoms with Crippen LogP contribution in [0.5, 0.6) is 0 Å². The number of imidazole rings is 1.